The molecule has 0 aromatic heterocycles. The quantitative estimate of drug-likeness (QED) is 0.838. The van der Waals surface area contributed by atoms with Crippen LogP contribution in [0.2, 0.25) is 5.02 Å². The fraction of sp³-hybridized carbons (Fsp3) is 0.462. The van der Waals surface area contributed by atoms with Crippen molar-refractivity contribution < 1.29 is 9.53 Å². The first kappa shape index (κ1) is 12.4. The van der Waals surface area contributed by atoms with Gasteiger partial charge in [-0.15, -0.1) is 0 Å². The van der Waals surface area contributed by atoms with Crippen molar-refractivity contribution in [1.29, 1.82) is 0 Å². The average molecular weight is 254 g/mol. The zero-order chi connectivity index (χ0) is 12.3. The van der Waals surface area contributed by atoms with Crippen molar-refractivity contribution in [2.75, 3.05) is 13.7 Å². The lowest BCUT2D eigenvalue weighted by Crippen LogP contribution is -2.31. The monoisotopic (exact) mass is 253 g/mol. The minimum atomic E-state index is -0.163. The Labute approximate surface area is 106 Å². The predicted molar refractivity (Wildman–Crippen MR) is 67.1 cm³/mol. The number of carbonyl (C=O) groups excluding carboxylic acids is 1. The number of ether oxygens (including phenoxy) is 1. The third kappa shape index (κ3) is 3.20. The maximum Gasteiger partial charge on any atom is 0.322 e. The highest BCUT2D eigenvalue weighted by Crippen LogP contribution is 2.20. The topological polar surface area (TPSA) is 38.3 Å². The van der Waals surface area contributed by atoms with Gasteiger partial charge in [-0.3, -0.25) is 4.79 Å². The molecule has 17 heavy (non-hydrogen) atoms. The molecule has 1 aliphatic rings. The van der Waals surface area contributed by atoms with Crippen LogP contribution in [-0.2, 0) is 16.0 Å². The van der Waals surface area contributed by atoms with Crippen molar-refractivity contribution in [2.24, 2.45) is 5.92 Å². The van der Waals surface area contributed by atoms with Gasteiger partial charge in [0.15, 0.2) is 0 Å². The van der Waals surface area contributed by atoms with Crippen molar-refractivity contribution in [3.8, 4) is 0 Å². The summed E-state index contributed by atoms with van der Waals surface area (Å²) in [5.74, 6) is 0.323. The molecule has 0 aliphatic carbocycles. The second-order valence-corrected chi connectivity index (χ2v) is 4.85. The van der Waals surface area contributed by atoms with E-state index in [0.29, 0.717) is 5.92 Å². The summed E-state index contributed by atoms with van der Waals surface area (Å²) in [6.45, 7) is 0.863. The maximum absolute atomic E-state index is 11.4. The summed E-state index contributed by atoms with van der Waals surface area (Å²) >= 11 is 5.84. The molecule has 1 heterocycles. The van der Waals surface area contributed by atoms with Gasteiger partial charge < -0.3 is 10.1 Å². The second kappa shape index (κ2) is 5.52. The van der Waals surface area contributed by atoms with Gasteiger partial charge in [-0.2, -0.15) is 0 Å². The molecule has 0 radical (unpaired) electrons. The Morgan fingerprint density at radius 3 is 2.82 bits per heavy atom. The van der Waals surface area contributed by atoms with Crippen LogP contribution in [0.3, 0.4) is 0 Å². The summed E-state index contributed by atoms with van der Waals surface area (Å²) in [6.07, 6.45) is 1.81. The van der Waals surface area contributed by atoms with E-state index in [-0.39, 0.29) is 12.0 Å². The minimum Gasteiger partial charge on any atom is -0.468 e. The number of esters is 1. The second-order valence-electron chi connectivity index (χ2n) is 4.42. The number of hydrogen-bond acceptors (Lipinski definition) is 3. The van der Waals surface area contributed by atoms with Crippen LogP contribution < -0.4 is 5.32 Å². The Morgan fingerprint density at radius 2 is 2.18 bits per heavy atom. The highest BCUT2D eigenvalue weighted by molar-refractivity contribution is 6.30. The molecule has 1 saturated heterocycles. The Morgan fingerprint density at radius 1 is 1.47 bits per heavy atom. The van der Waals surface area contributed by atoms with E-state index in [0.717, 1.165) is 24.4 Å². The molecule has 3 nitrogen and oxygen atoms in total. The van der Waals surface area contributed by atoms with Gasteiger partial charge in [-0.1, -0.05) is 23.7 Å². The number of carbonyl (C=O) groups is 1. The Bertz CT molecular complexity index is 391. The van der Waals surface area contributed by atoms with Crippen LogP contribution in [0.5, 0.6) is 0 Å². The summed E-state index contributed by atoms with van der Waals surface area (Å²) < 4.78 is 4.73. The van der Waals surface area contributed by atoms with Gasteiger partial charge in [0, 0.05) is 5.02 Å². The molecule has 2 unspecified atom stereocenters. The third-order valence-corrected chi connectivity index (χ3v) is 3.40. The Kier molecular flexibility index (Phi) is 4.02. The van der Waals surface area contributed by atoms with Crippen LogP contribution >= 0.6 is 11.6 Å². The smallest absolute Gasteiger partial charge is 0.322 e. The lowest BCUT2D eigenvalue weighted by molar-refractivity contribution is -0.142. The number of nitrogens with one attached hydrogen (secondary N) is 1. The summed E-state index contributed by atoms with van der Waals surface area (Å²) in [5.41, 5.74) is 1.26. The van der Waals surface area contributed by atoms with E-state index >= 15 is 0 Å². The molecule has 1 fully saturated rings. The lowest BCUT2D eigenvalue weighted by atomic mass is 9.97. The summed E-state index contributed by atoms with van der Waals surface area (Å²) in [5, 5.41) is 3.94. The zero-order valence-electron chi connectivity index (χ0n) is 9.78. The molecule has 1 aromatic carbocycles. The largest absolute Gasteiger partial charge is 0.468 e. The highest BCUT2D eigenvalue weighted by Gasteiger charge is 2.29. The SMILES string of the molecule is COC(=O)C1CC(Cc2ccc(Cl)cc2)CN1. The van der Waals surface area contributed by atoms with Crippen LogP contribution in [0.4, 0.5) is 0 Å². The van der Waals surface area contributed by atoms with Gasteiger partial charge in [0.25, 0.3) is 0 Å². The summed E-state index contributed by atoms with van der Waals surface area (Å²) in [4.78, 5) is 11.4. The Hall–Kier alpha value is -1.06. The fourth-order valence-corrected chi connectivity index (χ4v) is 2.37. The normalized spacial score (nSPS) is 23.6. The molecular formula is C13H16ClNO2. The highest BCUT2D eigenvalue weighted by atomic mass is 35.5. The summed E-state index contributed by atoms with van der Waals surface area (Å²) in [6, 6.07) is 7.73. The van der Waals surface area contributed by atoms with E-state index in [1.165, 1.54) is 12.7 Å². The fourth-order valence-electron chi connectivity index (χ4n) is 2.24. The molecule has 2 atom stereocenters. The molecule has 0 amide bonds. The number of methoxy groups -OCH3 is 1. The molecule has 0 bridgehead atoms. The lowest BCUT2D eigenvalue weighted by Gasteiger charge is -2.09. The predicted octanol–water partition coefficient (Wildman–Crippen LogP) is 2.03. The van der Waals surface area contributed by atoms with Crippen LogP contribution in [-0.4, -0.2) is 25.7 Å². The van der Waals surface area contributed by atoms with Gasteiger partial charge >= 0.3 is 5.97 Å². The van der Waals surface area contributed by atoms with E-state index in [4.69, 9.17) is 16.3 Å². The van der Waals surface area contributed by atoms with Gasteiger partial charge in [-0.25, -0.2) is 0 Å². The van der Waals surface area contributed by atoms with E-state index in [1.54, 1.807) is 0 Å². The maximum atomic E-state index is 11.4. The number of halogens is 1. The van der Waals surface area contributed by atoms with Crippen molar-refractivity contribution in [3.05, 3.63) is 34.9 Å². The van der Waals surface area contributed by atoms with Crippen LogP contribution in [0.15, 0.2) is 24.3 Å². The first-order chi connectivity index (χ1) is 8.19. The summed E-state index contributed by atoms with van der Waals surface area (Å²) in [7, 11) is 1.43. The zero-order valence-corrected chi connectivity index (χ0v) is 10.5. The first-order valence-corrected chi connectivity index (χ1v) is 6.12. The van der Waals surface area contributed by atoms with Gasteiger partial charge in [0.1, 0.15) is 6.04 Å². The number of hydrogen-bond donors (Lipinski definition) is 1. The van der Waals surface area contributed by atoms with Gasteiger partial charge in [0.2, 0.25) is 0 Å². The standard InChI is InChI=1S/C13H16ClNO2/c1-17-13(16)12-7-10(8-15-12)6-9-2-4-11(14)5-3-9/h2-5,10,12,15H,6-8H2,1H3. The first-order valence-electron chi connectivity index (χ1n) is 5.74. The molecular weight excluding hydrogens is 238 g/mol. The van der Waals surface area contributed by atoms with Crippen LogP contribution in [0.1, 0.15) is 12.0 Å². The van der Waals surface area contributed by atoms with Gasteiger partial charge in [0.05, 0.1) is 7.11 Å². The molecule has 1 aromatic rings. The minimum absolute atomic E-state index is 0.141. The molecule has 0 saturated carbocycles. The molecule has 1 N–H and O–H groups in total. The van der Waals surface area contributed by atoms with E-state index in [9.17, 15) is 4.79 Å². The molecule has 4 heteroatoms. The number of rotatable bonds is 3. The van der Waals surface area contributed by atoms with Crippen LogP contribution in [0, 0.1) is 5.92 Å². The Balaban J connectivity index is 1.89. The molecule has 2 rings (SSSR count). The third-order valence-electron chi connectivity index (χ3n) is 3.15. The van der Waals surface area contributed by atoms with Crippen molar-refractivity contribution in [3.63, 3.8) is 0 Å². The molecule has 1 aliphatic heterocycles. The van der Waals surface area contributed by atoms with Crippen molar-refractivity contribution in [1.82, 2.24) is 5.32 Å². The van der Waals surface area contributed by atoms with E-state index < -0.39 is 0 Å². The average Bonchev–Trinajstić information content (AvgIpc) is 2.80. The van der Waals surface area contributed by atoms with Crippen molar-refractivity contribution in [2.45, 2.75) is 18.9 Å². The van der Waals surface area contributed by atoms with Crippen LogP contribution in [0.25, 0.3) is 0 Å². The van der Waals surface area contributed by atoms with Gasteiger partial charge in [-0.05, 0) is 43.0 Å². The van der Waals surface area contributed by atoms with E-state index in [2.05, 4.69) is 5.32 Å². The number of benzene rings is 1. The van der Waals surface area contributed by atoms with E-state index in [1.807, 2.05) is 24.3 Å². The van der Waals surface area contributed by atoms with Crippen molar-refractivity contribution >= 4 is 17.6 Å². The molecule has 92 valence electrons. The molecule has 0 spiro atoms.